The topological polar surface area (TPSA) is 41.8 Å². The average Bonchev–Trinajstić information content (AvgIpc) is 2.65. The number of phenols is 1. The number of nitrogens with zero attached hydrogens (tertiary/aromatic N) is 1. The standard InChI is InChI=1S/C21H19NO2/c1-24-20-14-16(12-13-19(20)23)15-22-21(17-8-4-2-5-9-17)18-10-6-3-7-11-18/h2-15,21,23H,1H3/b22-15+. The first-order chi connectivity index (χ1) is 11.8. The minimum absolute atomic E-state index is 0.0767. The second kappa shape index (κ2) is 7.47. The number of hydrogen-bond acceptors (Lipinski definition) is 3. The van der Waals surface area contributed by atoms with Crippen LogP contribution in [0.15, 0.2) is 83.9 Å². The van der Waals surface area contributed by atoms with Crippen molar-refractivity contribution in [2.75, 3.05) is 7.11 Å². The normalized spacial score (nSPS) is 11.1. The number of phenolic OH excluding ortho intramolecular Hbond substituents is 1. The Hall–Kier alpha value is -3.07. The fraction of sp³-hybridized carbons (Fsp3) is 0.0952. The quantitative estimate of drug-likeness (QED) is 0.698. The summed E-state index contributed by atoms with van der Waals surface area (Å²) in [5, 5.41) is 9.70. The van der Waals surface area contributed by atoms with Gasteiger partial charge in [0, 0.05) is 6.21 Å². The van der Waals surface area contributed by atoms with Crippen LogP contribution < -0.4 is 4.74 Å². The van der Waals surface area contributed by atoms with Crippen LogP contribution in [0.5, 0.6) is 11.5 Å². The number of aromatic hydroxyl groups is 1. The van der Waals surface area contributed by atoms with E-state index in [-0.39, 0.29) is 11.8 Å². The van der Waals surface area contributed by atoms with Gasteiger partial charge in [-0.3, -0.25) is 4.99 Å². The van der Waals surface area contributed by atoms with E-state index in [1.165, 1.54) is 7.11 Å². The lowest BCUT2D eigenvalue weighted by molar-refractivity contribution is 0.373. The van der Waals surface area contributed by atoms with Crippen molar-refractivity contribution >= 4 is 6.21 Å². The van der Waals surface area contributed by atoms with Gasteiger partial charge in [0.25, 0.3) is 0 Å². The van der Waals surface area contributed by atoms with E-state index in [1.54, 1.807) is 12.1 Å². The van der Waals surface area contributed by atoms with Crippen LogP contribution in [0.25, 0.3) is 0 Å². The average molecular weight is 317 g/mol. The van der Waals surface area contributed by atoms with Gasteiger partial charge in [-0.05, 0) is 34.9 Å². The van der Waals surface area contributed by atoms with Crippen molar-refractivity contribution in [3.63, 3.8) is 0 Å². The highest BCUT2D eigenvalue weighted by Gasteiger charge is 2.11. The van der Waals surface area contributed by atoms with Gasteiger partial charge in [-0.25, -0.2) is 0 Å². The van der Waals surface area contributed by atoms with Gasteiger partial charge in [0.1, 0.15) is 0 Å². The van der Waals surface area contributed by atoms with Crippen LogP contribution in [-0.2, 0) is 0 Å². The molecule has 0 saturated heterocycles. The number of rotatable bonds is 5. The minimum Gasteiger partial charge on any atom is -0.504 e. The maximum absolute atomic E-state index is 9.70. The molecule has 0 saturated carbocycles. The van der Waals surface area contributed by atoms with Gasteiger partial charge in [0.05, 0.1) is 13.2 Å². The van der Waals surface area contributed by atoms with Gasteiger partial charge in [0.2, 0.25) is 0 Å². The van der Waals surface area contributed by atoms with E-state index in [1.807, 2.05) is 48.7 Å². The molecule has 0 amide bonds. The molecule has 3 nitrogen and oxygen atoms in total. The summed E-state index contributed by atoms with van der Waals surface area (Å²) in [6, 6.07) is 25.5. The molecule has 0 spiro atoms. The first kappa shape index (κ1) is 15.8. The summed E-state index contributed by atoms with van der Waals surface area (Å²) in [6.45, 7) is 0. The Balaban J connectivity index is 1.95. The molecular formula is C21H19NO2. The molecule has 0 aliphatic carbocycles. The van der Waals surface area contributed by atoms with Gasteiger partial charge in [-0.1, -0.05) is 60.7 Å². The molecule has 3 rings (SSSR count). The highest BCUT2D eigenvalue weighted by atomic mass is 16.5. The Morgan fingerprint density at radius 3 is 2.00 bits per heavy atom. The first-order valence-corrected chi connectivity index (χ1v) is 7.78. The molecule has 0 aliphatic rings. The summed E-state index contributed by atoms with van der Waals surface area (Å²) in [5.41, 5.74) is 3.14. The summed E-state index contributed by atoms with van der Waals surface area (Å²) >= 11 is 0. The third-order valence-electron chi connectivity index (χ3n) is 3.81. The highest BCUT2D eigenvalue weighted by Crippen LogP contribution is 2.28. The van der Waals surface area contributed by atoms with Gasteiger partial charge >= 0.3 is 0 Å². The van der Waals surface area contributed by atoms with E-state index < -0.39 is 0 Å². The zero-order valence-corrected chi connectivity index (χ0v) is 13.5. The van der Waals surface area contributed by atoms with Crippen molar-refractivity contribution < 1.29 is 9.84 Å². The molecule has 0 fully saturated rings. The number of ether oxygens (including phenoxy) is 1. The van der Waals surface area contributed by atoms with Crippen LogP contribution in [-0.4, -0.2) is 18.4 Å². The molecule has 1 N–H and O–H groups in total. The Bertz CT molecular complexity index is 774. The van der Waals surface area contributed by atoms with Crippen LogP contribution in [0.4, 0.5) is 0 Å². The second-order valence-electron chi connectivity index (χ2n) is 5.43. The van der Waals surface area contributed by atoms with Crippen molar-refractivity contribution in [1.82, 2.24) is 0 Å². The molecule has 3 heteroatoms. The number of hydrogen-bond donors (Lipinski definition) is 1. The number of benzene rings is 3. The van der Waals surface area contributed by atoms with Gasteiger partial charge in [-0.2, -0.15) is 0 Å². The largest absolute Gasteiger partial charge is 0.504 e. The Morgan fingerprint density at radius 1 is 0.875 bits per heavy atom. The molecule has 0 aromatic heterocycles. The lowest BCUT2D eigenvalue weighted by atomic mass is 9.99. The minimum atomic E-state index is -0.0767. The third kappa shape index (κ3) is 3.63. The molecular weight excluding hydrogens is 298 g/mol. The third-order valence-corrected chi connectivity index (χ3v) is 3.81. The first-order valence-electron chi connectivity index (χ1n) is 7.78. The molecule has 0 atom stereocenters. The molecule has 24 heavy (non-hydrogen) atoms. The molecule has 3 aromatic rings. The van der Waals surface area contributed by atoms with E-state index in [9.17, 15) is 5.11 Å². The summed E-state index contributed by atoms with van der Waals surface area (Å²) in [6.07, 6.45) is 1.81. The summed E-state index contributed by atoms with van der Waals surface area (Å²) in [5.74, 6) is 0.562. The molecule has 3 aromatic carbocycles. The SMILES string of the molecule is COc1cc(/C=N/C(c2ccccc2)c2ccccc2)ccc1O. The molecule has 120 valence electrons. The smallest absolute Gasteiger partial charge is 0.161 e. The van der Waals surface area contributed by atoms with Crippen molar-refractivity contribution in [3.05, 3.63) is 95.6 Å². The van der Waals surface area contributed by atoms with Gasteiger partial charge in [0.15, 0.2) is 11.5 Å². The van der Waals surface area contributed by atoms with E-state index in [0.717, 1.165) is 16.7 Å². The zero-order valence-electron chi connectivity index (χ0n) is 13.5. The summed E-state index contributed by atoms with van der Waals surface area (Å²) in [7, 11) is 1.53. The summed E-state index contributed by atoms with van der Waals surface area (Å²) in [4.78, 5) is 4.78. The van der Waals surface area contributed by atoms with Crippen LogP contribution in [0.2, 0.25) is 0 Å². The fourth-order valence-electron chi connectivity index (χ4n) is 2.57. The lowest BCUT2D eigenvalue weighted by Gasteiger charge is -2.13. The lowest BCUT2D eigenvalue weighted by Crippen LogP contribution is -1.99. The summed E-state index contributed by atoms with van der Waals surface area (Å²) < 4.78 is 5.15. The van der Waals surface area contributed by atoms with Crippen molar-refractivity contribution in [2.45, 2.75) is 6.04 Å². The van der Waals surface area contributed by atoms with Crippen molar-refractivity contribution in [1.29, 1.82) is 0 Å². The number of aliphatic imine (C=N–C) groups is 1. The fourth-order valence-corrected chi connectivity index (χ4v) is 2.57. The predicted octanol–water partition coefficient (Wildman–Crippen LogP) is 4.61. The zero-order chi connectivity index (χ0) is 16.8. The van der Waals surface area contributed by atoms with Crippen LogP contribution >= 0.6 is 0 Å². The van der Waals surface area contributed by atoms with Crippen LogP contribution in [0, 0.1) is 0 Å². The predicted molar refractivity (Wildman–Crippen MR) is 97.0 cm³/mol. The maximum Gasteiger partial charge on any atom is 0.161 e. The molecule has 0 radical (unpaired) electrons. The van der Waals surface area contributed by atoms with Gasteiger partial charge in [-0.15, -0.1) is 0 Å². The molecule has 0 unspecified atom stereocenters. The van der Waals surface area contributed by atoms with E-state index in [2.05, 4.69) is 24.3 Å². The molecule has 0 heterocycles. The van der Waals surface area contributed by atoms with E-state index >= 15 is 0 Å². The Kier molecular flexibility index (Phi) is 4.92. The Labute approximate surface area is 141 Å². The maximum atomic E-state index is 9.70. The monoisotopic (exact) mass is 317 g/mol. The number of methoxy groups -OCH3 is 1. The van der Waals surface area contributed by atoms with Crippen LogP contribution in [0.1, 0.15) is 22.7 Å². The second-order valence-corrected chi connectivity index (χ2v) is 5.43. The molecule has 0 aliphatic heterocycles. The van der Waals surface area contributed by atoms with Crippen molar-refractivity contribution in [3.8, 4) is 11.5 Å². The molecule has 0 bridgehead atoms. The van der Waals surface area contributed by atoms with Crippen LogP contribution in [0.3, 0.4) is 0 Å². The highest BCUT2D eigenvalue weighted by molar-refractivity contribution is 5.81. The van der Waals surface area contributed by atoms with Crippen molar-refractivity contribution in [2.24, 2.45) is 4.99 Å². The van der Waals surface area contributed by atoms with Gasteiger partial charge < -0.3 is 9.84 Å². The van der Waals surface area contributed by atoms with E-state index in [4.69, 9.17) is 9.73 Å². The Morgan fingerprint density at radius 2 is 1.46 bits per heavy atom. The van der Waals surface area contributed by atoms with E-state index in [0.29, 0.717) is 5.75 Å².